The summed E-state index contributed by atoms with van der Waals surface area (Å²) in [6.45, 7) is 4.33. The summed E-state index contributed by atoms with van der Waals surface area (Å²) in [5, 5.41) is 4.66. The second-order valence-corrected chi connectivity index (χ2v) is 6.86. The monoisotopic (exact) mass is 377 g/mol. The van der Waals surface area contributed by atoms with E-state index in [0.29, 0.717) is 18.8 Å². The number of carbonyl (C=O) groups is 2. The Bertz CT molecular complexity index is 938. The van der Waals surface area contributed by atoms with E-state index in [1.54, 1.807) is 18.2 Å². The molecule has 2 aromatic rings. The fourth-order valence-electron chi connectivity index (χ4n) is 3.55. The molecule has 0 unspecified atom stereocenters. The highest BCUT2D eigenvalue weighted by Crippen LogP contribution is 2.31. The molecule has 2 aliphatic heterocycles. The van der Waals surface area contributed by atoms with E-state index in [9.17, 15) is 9.59 Å². The Kier molecular flexibility index (Phi) is 5.12. The molecular formula is C22H23N3O3. The molecule has 0 bridgehead atoms. The van der Waals surface area contributed by atoms with Crippen LogP contribution in [0.4, 0.5) is 5.69 Å². The summed E-state index contributed by atoms with van der Waals surface area (Å²) in [6, 6.07) is 13.0. The minimum absolute atomic E-state index is 0.138. The van der Waals surface area contributed by atoms with Crippen molar-refractivity contribution in [1.29, 1.82) is 0 Å². The number of carbonyl (C=O) groups excluding carboxylic acids is 2. The van der Waals surface area contributed by atoms with Gasteiger partial charge in [-0.2, -0.15) is 0 Å². The van der Waals surface area contributed by atoms with Gasteiger partial charge in [-0.05, 0) is 54.8 Å². The number of hydrazine groups is 1. The lowest BCUT2D eigenvalue weighted by Crippen LogP contribution is -2.35. The highest BCUT2D eigenvalue weighted by atomic mass is 16.5. The summed E-state index contributed by atoms with van der Waals surface area (Å²) in [4.78, 5) is 25.3. The molecule has 0 aromatic heterocycles. The van der Waals surface area contributed by atoms with Gasteiger partial charge in [0.2, 0.25) is 0 Å². The number of benzene rings is 2. The average Bonchev–Trinajstić information content (AvgIpc) is 3.02. The SMILES string of the molecule is CCCOc1ccc(/C=C2/C(=O)NN(c3ccccc3)C2=O)c2c1CCNC2. The Morgan fingerprint density at radius 2 is 1.93 bits per heavy atom. The number of amides is 2. The molecule has 6 heteroatoms. The van der Waals surface area contributed by atoms with Crippen LogP contribution in [0.15, 0.2) is 48.0 Å². The largest absolute Gasteiger partial charge is 0.493 e. The van der Waals surface area contributed by atoms with Crippen molar-refractivity contribution >= 4 is 23.6 Å². The van der Waals surface area contributed by atoms with E-state index in [1.165, 1.54) is 5.01 Å². The van der Waals surface area contributed by atoms with Crippen molar-refractivity contribution in [3.63, 3.8) is 0 Å². The number of ether oxygens (including phenoxy) is 1. The number of rotatable bonds is 5. The number of nitrogens with zero attached hydrogens (tertiary/aromatic N) is 1. The fourth-order valence-corrected chi connectivity index (χ4v) is 3.55. The molecule has 28 heavy (non-hydrogen) atoms. The zero-order valence-electron chi connectivity index (χ0n) is 15.8. The van der Waals surface area contributed by atoms with Crippen molar-refractivity contribution in [3.8, 4) is 5.75 Å². The Balaban J connectivity index is 1.69. The van der Waals surface area contributed by atoms with E-state index < -0.39 is 5.91 Å². The van der Waals surface area contributed by atoms with E-state index in [0.717, 1.165) is 41.8 Å². The van der Waals surface area contributed by atoms with Crippen molar-refractivity contribution in [3.05, 3.63) is 64.7 Å². The zero-order valence-corrected chi connectivity index (χ0v) is 15.8. The highest BCUT2D eigenvalue weighted by Gasteiger charge is 2.34. The lowest BCUT2D eigenvalue weighted by atomic mass is 9.93. The van der Waals surface area contributed by atoms with Gasteiger partial charge in [0, 0.05) is 12.1 Å². The molecule has 0 spiro atoms. The van der Waals surface area contributed by atoms with Crippen molar-refractivity contribution in [1.82, 2.24) is 10.7 Å². The van der Waals surface area contributed by atoms with E-state index >= 15 is 0 Å². The van der Waals surface area contributed by atoms with Gasteiger partial charge < -0.3 is 10.1 Å². The quantitative estimate of drug-likeness (QED) is 0.621. The number of nitrogens with one attached hydrogen (secondary N) is 2. The third kappa shape index (κ3) is 3.39. The number of anilines is 1. The molecule has 6 nitrogen and oxygen atoms in total. The van der Waals surface area contributed by atoms with Gasteiger partial charge >= 0.3 is 0 Å². The van der Waals surface area contributed by atoms with Crippen LogP contribution in [-0.2, 0) is 22.6 Å². The summed E-state index contributed by atoms with van der Waals surface area (Å²) >= 11 is 0. The van der Waals surface area contributed by atoms with E-state index in [2.05, 4.69) is 17.7 Å². The standard InChI is InChI=1S/C22H23N3O3/c1-2-12-28-20-9-8-15(19-14-23-11-10-17(19)20)13-18-21(26)24-25(22(18)27)16-6-4-3-5-7-16/h3-9,13,23H,2,10-12,14H2,1H3,(H,24,26)/b18-13-. The van der Waals surface area contributed by atoms with Crippen LogP contribution in [0.25, 0.3) is 6.08 Å². The fraction of sp³-hybridized carbons (Fsp3) is 0.273. The van der Waals surface area contributed by atoms with E-state index in [4.69, 9.17) is 4.74 Å². The molecule has 2 N–H and O–H groups in total. The Morgan fingerprint density at radius 1 is 1.11 bits per heavy atom. The molecule has 0 aliphatic carbocycles. The van der Waals surface area contributed by atoms with Gasteiger partial charge in [0.1, 0.15) is 11.3 Å². The third-order valence-corrected chi connectivity index (χ3v) is 4.95. The van der Waals surface area contributed by atoms with Crippen LogP contribution in [-0.4, -0.2) is 25.0 Å². The lowest BCUT2D eigenvalue weighted by molar-refractivity contribution is -0.117. The molecule has 4 rings (SSSR count). The van der Waals surface area contributed by atoms with Gasteiger partial charge in [0.25, 0.3) is 11.8 Å². The first-order valence-corrected chi connectivity index (χ1v) is 9.59. The number of para-hydroxylation sites is 1. The molecule has 2 aliphatic rings. The van der Waals surface area contributed by atoms with Crippen molar-refractivity contribution in [2.75, 3.05) is 18.2 Å². The number of hydrogen-bond donors (Lipinski definition) is 2. The maximum Gasteiger partial charge on any atom is 0.282 e. The molecular weight excluding hydrogens is 354 g/mol. The number of fused-ring (bicyclic) bond motifs is 1. The average molecular weight is 377 g/mol. The smallest absolute Gasteiger partial charge is 0.282 e. The van der Waals surface area contributed by atoms with Crippen molar-refractivity contribution in [2.45, 2.75) is 26.3 Å². The molecule has 144 valence electrons. The highest BCUT2D eigenvalue weighted by molar-refractivity contribution is 6.31. The van der Waals surface area contributed by atoms with Gasteiger partial charge in [0.15, 0.2) is 0 Å². The molecule has 2 aromatic carbocycles. The summed E-state index contributed by atoms with van der Waals surface area (Å²) in [7, 11) is 0. The Morgan fingerprint density at radius 3 is 2.71 bits per heavy atom. The maximum absolute atomic E-state index is 12.8. The molecule has 0 radical (unpaired) electrons. The first-order valence-electron chi connectivity index (χ1n) is 9.59. The van der Waals surface area contributed by atoms with E-state index in [-0.39, 0.29) is 11.5 Å². The van der Waals surface area contributed by atoms with Gasteiger partial charge in [-0.15, -0.1) is 0 Å². The minimum atomic E-state index is -0.391. The summed E-state index contributed by atoms with van der Waals surface area (Å²) in [5.74, 6) is 0.159. The maximum atomic E-state index is 12.8. The van der Waals surface area contributed by atoms with Crippen LogP contribution < -0.4 is 20.5 Å². The first kappa shape index (κ1) is 18.3. The van der Waals surface area contributed by atoms with Gasteiger partial charge in [0.05, 0.1) is 12.3 Å². The minimum Gasteiger partial charge on any atom is -0.493 e. The summed E-state index contributed by atoms with van der Waals surface area (Å²) in [6.07, 6.45) is 3.50. The normalized spacial score (nSPS) is 17.6. The van der Waals surface area contributed by atoms with Crippen LogP contribution in [0.5, 0.6) is 5.75 Å². The lowest BCUT2D eigenvalue weighted by Gasteiger charge is -2.22. The third-order valence-electron chi connectivity index (χ3n) is 4.95. The molecule has 2 amide bonds. The van der Waals surface area contributed by atoms with Gasteiger partial charge in [-0.25, -0.2) is 5.01 Å². The molecule has 1 saturated heterocycles. The second kappa shape index (κ2) is 7.86. The second-order valence-electron chi connectivity index (χ2n) is 6.86. The Hall–Kier alpha value is -3.12. The van der Waals surface area contributed by atoms with Gasteiger partial charge in [-0.3, -0.25) is 15.0 Å². The van der Waals surface area contributed by atoms with Crippen LogP contribution in [0, 0.1) is 0 Å². The molecule has 0 atom stereocenters. The predicted molar refractivity (Wildman–Crippen MR) is 108 cm³/mol. The predicted octanol–water partition coefficient (Wildman–Crippen LogP) is 2.58. The van der Waals surface area contributed by atoms with Crippen molar-refractivity contribution < 1.29 is 14.3 Å². The zero-order chi connectivity index (χ0) is 19.5. The molecule has 1 fully saturated rings. The summed E-state index contributed by atoms with van der Waals surface area (Å²) in [5.41, 5.74) is 6.54. The van der Waals surface area contributed by atoms with Crippen molar-refractivity contribution in [2.24, 2.45) is 0 Å². The van der Waals surface area contributed by atoms with Gasteiger partial charge in [-0.1, -0.05) is 31.2 Å². The number of hydrogen-bond acceptors (Lipinski definition) is 4. The van der Waals surface area contributed by atoms with Crippen LogP contribution in [0.2, 0.25) is 0 Å². The van der Waals surface area contributed by atoms with Crippen LogP contribution in [0.3, 0.4) is 0 Å². The summed E-state index contributed by atoms with van der Waals surface area (Å²) < 4.78 is 5.89. The first-order chi connectivity index (χ1) is 13.7. The Labute approximate surface area is 164 Å². The van der Waals surface area contributed by atoms with Crippen LogP contribution >= 0.6 is 0 Å². The molecule has 2 heterocycles. The topological polar surface area (TPSA) is 70.7 Å². The van der Waals surface area contributed by atoms with E-state index in [1.807, 2.05) is 30.3 Å². The van der Waals surface area contributed by atoms with Crippen LogP contribution in [0.1, 0.15) is 30.0 Å². The molecule has 0 saturated carbocycles.